The van der Waals surface area contributed by atoms with Gasteiger partial charge in [0.05, 0.1) is 17.5 Å². The van der Waals surface area contributed by atoms with Crippen LogP contribution in [0.15, 0.2) is 58.5 Å². The zero-order valence-corrected chi connectivity index (χ0v) is 21.5. The lowest BCUT2D eigenvalue weighted by molar-refractivity contribution is -0.120. The maximum atomic E-state index is 13.3. The van der Waals surface area contributed by atoms with Gasteiger partial charge < -0.3 is 25.8 Å². The minimum Gasteiger partial charge on any atom is -0.438 e. The third-order valence-corrected chi connectivity index (χ3v) is 6.07. The molecule has 196 valence electrons. The molecule has 0 fully saturated rings. The molecule has 0 saturated heterocycles. The number of nitrogens with two attached hydrogens (primary N) is 1. The van der Waals surface area contributed by atoms with Crippen molar-refractivity contribution < 1.29 is 28.7 Å². The minimum absolute atomic E-state index is 0.0445. The molecule has 0 aromatic carbocycles. The average Bonchev–Trinajstić information content (AvgIpc) is 2.83. The Morgan fingerprint density at radius 1 is 1.22 bits per heavy atom. The molecule has 0 spiro atoms. The number of ether oxygens (including phenoxy) is 2. The topological polar surface area (TPSA) is 137 Å². The number of carbonyl (C=O) groups is 4. The summed E-state index contributed by atoms with van der Waals surface area (Å²) in [5.74, 6) is -1.22. The monoisotopic (exact) mass is 499 g/mol. The number of methoxy groups -OCH3 is 1. The van der Waals surface area contributed by atoms with Crippen molar-refractivity contribution in [2.24, 2.45) is 5.73 Å². The highest BCUT2D eigenvalue weighted by molar-refractivity contribution is 6.23. The first-order valence-electron chi connectivity index (χ1n) is 12.3. The van der Waals surface area contributed by atoms with Crippen LogP contribution in [-0.4, -0.2) is 49.4 Å². The van der Waals surface area contributed by atoms with E-state index >= 15 is 0 Å². The van der Waals surface area contributed by atoms with Gasteiger partial charge in [0.1, 0.15) is 6.10 Å². The van der Waals surface area contributed by atoms with Crippen LogP contribution in [0.25, 0.3) is 0 Å². The molecule has 2 amide bonds. The molecule has 2 bridgehead atoms. The molecule has 9 heteroatoms. The summed E-state index contributed by atoms with van der Waals surface area (Å²) in [5.41, 5.74) is 6.97. The number of hydrogen-bond donors (Lipinski definition) is 3. The van der Waals surface area contributed by atoms with E-state index in [0.29, 0.717) is 49.1 Å². The summed E-state index contributed by atoms with van der Waals surface area (Å²) in [5, 5.41) is 5.67. The van der Waals surface area contributed by atoms with Crippen LogP contribution in [0.5, 0.6) is 0 Å². The van der Waals surface area contributed by atoms with Gasteiger partial charge >= 0.3 is 6.09 Å². The van der Waals surface area contributed by atoms with Crippen LogP contribution in [0.2, 0.25) is 0 Å². The van der Waals surface area contributed by atoms with Crippen molar-refractivity contribution in [3.63, 3.8) is 0 Å². The van der Waals surface area contributed by atoms with E-state index in [2.05, 4.69) is 10.6 Å². The lowest BCUT2D eigenvalue weighted by Crippen LogP contribution is -2.36. The Kier molecular flexibility index (Phi) is 11.3. The second kappa shape index (κ2) is 14.2. The van der Waals surface area contributed by atoms with E-state index in [-0.39, 0.29) is 23.4 Å². The van der Waals surface area contributed by atoms with Crippen LogP contribution < -0.4 is 16.4 Å². The smallest absolute Gasteiger partial charge is 0.405 e. The van der Waals surface area contributed by atoms with Crippen molar-refractivity contribution in [1.29, 1.82) is 0 Å². The van der Waals surface area contributed by atoms with Crippen LogP contribution in [0, 0.1) is 0 Å². The van der Waals surface area contributed by atoms with Crippen LogP contribution in [-0.2, 0) is 23.9 Å². The van der Waals surface area contributed by atoms with Crippen molar-refractivity contribution in [3.8, 4) is 0 Å². The van der Waals surface area contributed by atoms with Crippen molar-refractivity contribution in [2.75, 3.05) is 13.7 Å². The zero-order chi connectivity index (χ0) is 26.7. The summed E-state index contributed by atoms with van der Waals surface area (Å²) >= 11 is 0. The lowest BCUT2D eigenvalue weighted by atomic mass is 9.91. The summed E-state index contributed by atoms with van der Waals surface area (Å²) in [7, 11) is 1.64. The van der Waals surface area contributed by atoms with Crippen LogP contribution >= 0.6 is 0 Å². The molecule has 0 radical (unpaired) electrons. The summed E-state index contributed by atoms with van der Waals surface area (Å²) in [6, 6.07) is 0. The fourth-order valence-corrected chi connectivity index (χ4v) is 3.97. The first-order valence-corrected chi connectivity index (χ1v) is 12.3. The van der Waals surface area contributed by atoms with E-state index < -0.39 is 18.1 Å². The Hall–Kier alpha value is -3.46. The van der Waals surface area contributed by atoms with Gasteiger partial charge in [-0.15, -0.1) is 0 Å². The zero-order valence-electron chi connectivity index (χ0n) is 21.5. The Bertz CT molecular complexity index is 1020. The molecule has 0 saturated carbocycles. The molecule has 1 aliphatic heterocycles. The number of fused-ring (bicyclic) bond motifs is 2. The van der Waals surface area contributed by atoms with E-state index in [1.165, 1.54) is 12.2 Å². The summed E-state index contributed by atoms with van der Waals surface area (Å²) < 4.78 is 10.8. The normalized spacial score (nSPS) is 26.3. The first-order chi connectivity index (χ1) is 17.2. The molecule has 0 aromatic rings. The van der Waals surface area contributed by atoms with Crippen LogP contribution in [0.1, 0.15) is 59.3 Å². The molecule has 9 nitrogen and oxygen atoms in total. The predicted molar refractivity (Wildman–Crippen MR) is 137 cm³/mol. The Balaban J connectivity index is 2.41. The van der Waals surface area contributed by atoms with Gasteiger partial charge in [-0.3, -0.25) is 14.4 Å². The van der Waals surface area contributed by atoms with Crippen molar-refractivity contribution in [3.05, 3.63) is 58.5 Å². The molecular weight excluding hydrogens is 462 g/mol. The number of primary amides is 1. The van der Waals surface area contributed by atoms with Gasteiger partial charge in [0.25, 0.3) is 5.91 Å². The third kappa shape index (κ3) is 8.34. The summed E-state index contributed by atoms with van der Waals surface area (Å²) in [6.07, 6.45) is 10.1. The standard InChI is InChI=1S/C27H37N3O6/c1-5-15-29-24-20-13-8-12-19(35-4)11-6-9-17(2)23(36-27(28)34)14-7-10-18(3)26(33)30-21(25(20)32)16-22(24)31/h7,9-10,14,16,19,23,29H,5-6,8,11-13,15H2,1-4H3,(H2,28,34)(H,30,33)/b14-7-,17-9+,18-10+/t19-,23-/m1/s1. The Morgan fingerprint density at radius 3 is 2.64 bits per heavy atom. The molecule has 1 heterocycles. The Labute approximate surface area is 212 Å². The fourth-order valence-electron chi connectivity index (χ4n) is 3.97. The van der Waals surface area contributed by atoms with Crippen LogP contribution in [0.3, 0.4) is 0 Å². The van der Waals surface area contributed by atoms with E-state index in [1.54, 1.807) is 26.2 Å². The number of carbonyl (C=O) groups excluding carboxylic acids is 4. The fraction of sp³-hybridized carbons (Fsp3) is 0.481. The number of amides is 2. The molecule has 2 aliphatic rings. The first kappa shape index (κ1) is 28.8. The number of allylic oxidation sites excluding steroid dienone is 5. The van der Waals surface area contributed by atoms with Crippen molar-refractivity contribution in [1.82, 2.24) is 10.6 Å². The van der Waals surface area contributed by atoms with E-state index in [4.69, 9.17) is 15.2 Å². The highest BCUT2D eigenvalue weighted by Crippen LogP contribution is 2.24. The van der Waals surface area contributed by atoms with Gasteiger partial charge in [-0.2, -0.15) is 0 Å². The maximum absolute atomic E-state index is 13.3. The molecular formula is C27H37N3O6. The van der Waals surface area contributed by atoms with E-state index in [1.807, 2.05) is 19.9 Å². The quantitative estimate of drug-likeness (QED) is 0.390. The largest absolute Gasteiger partial charge is 0.438 e. The van der Waals surface area contributed by atoms with Crippen LogP contribution in [0.4, 0.5) is 4.79 Å². The van der Waals surface area contributed by atoms with Gasteiger partial charge in [0.15, 0.2) is 0 Å². The van der Waals surface area contributed by atoms with E-state index in [0.717, 1.165) is 18.4 Å². The Morgan fingerprint density at radius 2 is 1.97 bits per heavy atom. The van der Waals surface area contributed by atoms with Gasteiger partial charge in [0.2, 0.25) is 11.6 Å². The van der Waals surface area contributed by atoms with Gasteiger partial charge in [-0.25, -0.2) is 4.79 Å². The summed E-state index contributed by atoms with van der Waals surface area (Å²) in [6.45, 7) is 5.96. The number of nitrogens with one attached hydrogen (secondary N) is 2. The predicted octanol–water partition coefficient (Wildman–Crippen LogP) is 3.28. The second-order valence-corrected chi connectivity index (χ2v) is 8.85. The highest BCUT2D eigenvalue weighted by atomic mass is 16.6. The number of ketones is 2. The SMILES string of the molecule is CCCNC1=C2CCC[C@H](OC)CC/C=C(\C)[C@H](OC(N)=O)/C=C\C=C(/C)C(=O)NC(=CC1=O)C2=O. The number of Topliss-reactive ketones (excluding diaryl/α,β-unsaturated/α-hetero) is 1. The van der Waals surface area contributed by atoms with Crippen molar-refractivity contribution in [2.45, 2.75) is 71.5 Å². The molecule has 2 rings (SSSR count). The maximum Gasteiger partial charge on any atom is 0.405 e. The van der Waals surface area contributed by atoms with Crippen molar-refractivity contribution >= 4 is 23.6 Å². The average molecular weight is 500 g/mol. The molecule has 2 atom stereocenters. The molecule has 1 aliphatic carbocycles. The summed E-state index contributed by atoms with van der Waals surface area (Å²) in [4.78, 5) is 50.2. The molecule has 4 N–H and O–H groups in total. The van der Waals surface area contributed by atoms with Gasteiger partial charge in [0, 0.05) is 30.9 Å². The third-order valence-electron chi connectivity index (χ3n) is 6.07. The highest BCUT2D eigenvalue weighted by Gasteiger charge is 2.29. The molecule has 0 unspecified atom stereocenters. The number of hydrogen-bond acceptors (Lipinski definition) is 7. The lowest BCUT2D eigenvalue weighted by Gasteiger charge is -2.22. The molecule has 36 heavy (non-hydrogen) atoms. The number of rotatable bonds is 5. The van der Waals surface area contributed by atoms with E-state index in [9.17, 15) is 19.2 Å². The van der Waals surface area contributed by atoms with Gasteiger partial charge in [-0.05, 0) is 64.0 Å². The minimum atomic E-state index is -0.906. The van der Waals surface area contributed by atoms with Gasteiger partial charge in [-0.1, -0.05) is 25.2 Å². The second-order valence-electron chi connectivity index (χ2n) is 8.85. The molecule has 0 aromatic heterocycles.